The first-order valence-electron chi connectivity index (χ1n) is 12.6. The van der Waals surface area contributed by atoms with Crippen LogP contribution in [0.3, 0.4) is 0 Å². The van der Waals surface area contributed by atoms with Gasteiger partial charge in [-0.3, -0.25) is 14.5 Å². The first kappa shape index (κ1) is 24.5. The van der Waals surface area contributed by atoms with Crippen LogP contribution in [0.2, 0.25) is 0 Å². The van der Waals surface area contributed by atoms with E-state index in [-0.39, 0.29) is 23.9 Å². The highest BCUT2D eigenvalue weighted by atomic mass is 32.1. The van der Waals surface area contributed by atoms with Gasteiger partial charge < -0.3 is 14.5 Å². The molecule has 5 rings (SSSR count). The fourth-order valence-electron chi connectivity index (χ4n) is 5.52. The fraction of sp³-hybridized carbons (Fsp3) is 0.379. The molecule has 1 fully saturated rings. The molecule has 2 amide bonds. The molecule has 188 valence electrons. The number of ether oxygens (including phenoxy) is 1. The van der Waals surface area contributed by atoms with Gasteiger partial charge in [-0.15, -0.1) is 11.3 Å². The van der Waals surface area contributed by atoms with Crippen molar-refractivity contribution in [1.29, 1.82) is 0 Å². The third-order valence-corrected chi connectivity index (χ3v) is 8.55. The second kappa shape index (κ2) is 10.4. The topological polar surface area (TPSA) is 53.1 Å². The molecule has 0 aliphatic carbocycles. The summed E-state index contributed by atoms with van der Waals surface area (Å²) in [5.74, 6) is 0.666. The van der Waals surface area contributed by atoms with Gasteiger partial charge in [0.1, 0.15) is 5.75 Å². The van der Waals surface area contributed by atoms with E-state index in [4.69, 9.17) is 4.74 Å². The summed E-state index contributed by atoms with van der Waals surface area (Å²) in [6.07, 6.45) is 0.966. The SMILES string of the molecule is COc1ccccc1C(=O)N1CCN(C(=O)C(C)N2CCc3sccc3C2c2ccccc2C)CC1. The van der Waals surface area contributed by atoms with Gasteiger partial charge in [0.05, 0.1) is 24.8 Å². The summed E-state index contributed by atoms with van der Waals surface area (Å²) >= 11 is 1.82. The lowest BCUT2D eigenvalue weighted by Gasteiger charge is -2.43. The molecule has 3 aromatic rings. The number of carbonyl (C=O) groups is 2. The summed E-state index contributed by atoms with van der Waals surface area (Å²) in [5, 5.41) is 2.17. The molecule has 2 aliphatic rings. The van der Waals surface area contributed by atoms with Gasteiger partial charge in [0.25, 0.3) is 5.91 Å². The van der Waals surface area contributed by atoms with Crippen molar-refractivity contribution in [2.45, 2.75) is 32.4 Å². The summed E-state index contributed by atoms with van der Waals surface area (Å²) in [6, 6.07) is 17.9. The van der Waals surface area contributed by atoms with Gasteiger partial charge in [0, 0.05) is 37.6 Å². The molecule has 2 atom stereocenters. The minimum Gasteiger partial charge on any atom is -0.496 e. The number of nitrogens with zero attached hydrogens (tertiary/aromatic N) is 3. The molecule has 7 heteroatoms. The van der Waals surface area contributed by atoms with E-state index >= 15 is 0 Å². The van der Waals surface area contributed by atoms with Gasteiger partial charge in [0.2, 0.25) is 5.91 Å². The molecule has 0 saturated carbocycles. The zero-order chi connectivity index (χ0) is 25.2. The molecule has 0 radical (unpaired) electrons. The number of aryl methyl sites for hydroxylation is 1. The summed E-state index contributed by atoms with van der Waals surface area (Å²) in [6.45, 7) is 7.16. The zero-order valence-corrected chi connectivity index (χ0v) is 22.0. The first-order valence-corrected chi connectivity index (χ1v) is 13.5. The molecular formula is C29H33N3O3S. The lowest BCUT2D eigenvalue weighted by Crippen LogP contribution is -2.56. The minimum absolute atomic E-state index is 0.0479. The van der Waals surface area contributed by atoms with E-state index in [1.54, 1.807) is 19.2 Å². The molecule has 1 saturated heterocycles. The first-order chi connectivity index (χ1) is 17.5. The van der Waals surface area contributed by atoms with Gasteiger partial charge in [0.15, 0.2) is 0 Å². The van der Waals surface area contributed by atoms with Crippen molar-refractivity contribution >= 4 is 23.2 Å². The minimum atomic E-state index is -0.251. The predicted molar refractivity (Wildman–Crippen MR) is 143 cm³/mol. The van der Waals surface area contributed by atoms with Crippen LogP contribution in [-0.4, -0.2) is 72.4 Å². The average Bonchev–Trinajstić information content (AvgIpc) is 3.41. The van der Waals surface area contributed by atoms with Crippen LogP contribution in [0.4, 0.5) is 0 Å². The molecular weight excluding hydrogens is 470 g/mol. The molecule has 6 nitrogen and oxygen atoms in total. The van der Waals surface area contributed by atoms with Gasteiger partial charge in [-0.25, -0.2) is 0 Å². The van der Waals surface area contributed by atoms with Crippen molar-refractivity contribution in [3.05, 3.63) is 87.1 Å². The smallest absolute Gasteiger partial charge is 0.257 e. The average molecular weight is 504 g/mol. The van der Waals surface area contributed by atoms with Crippen molar-refractivity contribution in [2.75, 3.05) is 39.8 Å². The summed E-state index contributed by atoms with van der Waals surface area (Å²) in [7, 11) is 1.58. The Morgan fingerprint density at radius 3 is 2.36 bits per heavy atom. The second-order valence-electron chi connectivity index (χ2n) is 9.54. The number of benzene rings is 2. The van der Waals surface area contributed by atoms with Crippen LogP contribution in [-0.2, 0) is 11.2 Å². The Labute approximate surface area is 217 Å². The molecule has 2 aliphatic heterocycles. The lowest BCUT2D eigenvalue weighted by atomic mass is 9.89. The fourth-order valence-corrected chi connectivity index (χ4v) is 6.42. The lowest BCUT2D eigenvalue weighted by molar-refractivity contribution is -0.138. The van der Waals surface area contributed by atoms with Crippen LogP contribution in [0.5, 0.6) is 5.75 Å². The highest BCUT2D eigenvalue weighted by Gasteiger charge is 2.38. The van der Waals surface area contributed by atoms with E-state index in [2.05, 4.69) is 47.5 Å². The number of fused-ring (bicyclic) bond motifs is 1. The Hall–Kier alpha value is -3.16. The molecule has 36 heavy (non-hydrogen) atoms. The van der Waals surface area contributed by atoms with E-state index < -0.39 is 0 Å². The zero-order valence-electron chi connectivity index (χ0n) is 21.1. The Kier molecular flexibility index (Phi) is 7.12. The summed E-state index contributed by atoms with van der Waals surface area (Å²) < 4.78 is 5.37. The van der Waals surface area contributed by atoms with E-state index in [0.717, 1.165) is 13.0 Å². The van der Waals surface area contributed by atoms with Crippen molar-refractivity contribution < 1.29 is 14.3 Å². The van der Waals surface area contributed by atoms with Crippen LogP contribution in [0, 0.1) is 6.92 Å². The van der Waals surface area contributed by atoms with Crippen LogP contribution in [0.15, 0.2) is 60.0 Å². The third-order valence-electron chi connectivity index (χ3n) is 7.56. The van der Waals surface area contributed by atoms with Crippen molar-refractivity contribution in [3.63, 3.8) is 0 Å². The normalized spacial score (nSPS) is 19.0. The number of rotatable bonds is 5. The Balaban J connectivity index is 1.30. The Morgan fingerprint density at radius 1 is 0.917 bits per heavy atom. The maximum Gasteiger partial charge on any atom is 0.257 e. The van der Waals surface area contributed by atoms with Crippen LogP contribution < -0.4 is 4.74 Å². The van der Waals surface area contributed by atoms with Crippen LogP contribution in [0.1, 0.15) is 44.9 Å². The van der Waals surface area contributed by atoms with Crippen molar-refractivity contribution in [1.82, 2.24) is 14.7 Å². The molecule has 0 bridgehead atoms. The maximum atomic E-state index is 13.7. The quantitative estimate of drug-likeness (QED) is 0.518. The van der Waals surface area contributed by atoms with Crippen LogP contribution >= 0.6 is 11.3 Å². The Morgan fingerprint density at radius 2 is 1.61 bits per heavy atom. The van der Waals surface area contributed by atoms with E-state index in [1.165, 1.54) is 21.6 Å². The number of thiophene rings is 1. The molecule has 3 heterocycles. The predicted octanol–water partition coefficient (Wildman–Crippen LogP) is 4.39. The van der Waals surface area contributed by atoms with Gasteiger partial charge >= 0.3 is 0 Å². The number of methoxy groups -OCH3 is 1. The number of amides is 2. The molecule has 1 aromatic heterocycles. The Bertz CT molecular complexity index is 1250. The molecule has 2 aromatic carbocycles. The van der Waals surface area contributed by atoms with Gasteiger partial charge in [-0.05, 0) is 60.5 Å². The van der Waals surface area contributed by atoms with Gasteiger partial charge in [-0.2, -0.15) is 0 Å². The molecule has 2 unspecified atom stereocenters. The monoisotopic (exact) mass is 503 g/mol. The number of hydrogen-bond acceptors (Lipinski definition) is 5. The number of para-hydroxylation sites is 1. The van der Waals surface area contributed by atoms with E-state index in [9.17, 15) is 9.59 Å². The van der Waals surface area contributed by atoms with E-state index in [1.807, 2.05) is 40.2 Å². The number of hydrogen-bond donors (Lipinski definition) is 0. The standard InChI is InChI=1S/C29H33N3O3S/c1-20-8-4-5-9-22(20)27-24-13-19-36-26(24)12-14-32(27)21(2)28(33)30-15-17-31(18-16-30)29(34)23-10-6-7-11-25(23)35-3/h4-11,13,19,21,27H,12,14-18H2,1-3H3. The summed E-state index contributed by atoms with van der Waals surface area (Å²) in [4.78, 5) is 34.3. The highest BCUT2D eigenvalue weighted by molar-refractivity contribution is 7.10. The van der Waals surface area contributed by atoms with E-state index in [0.29, 0.717) is 37.5 Å². The van der Waals surface area contributed by atoms with Gasteiger partial charge in [-0.1, -0.05) is 36.4 Å². The highest BCUT2D eigenvalue weighted by Crippen LogP contribution is 2.40. The van der Waals surface area contributed by atoms with Crippen molar-refractivity contribution in [2.24, 2.45) is 0 Å². The third kappa shape index (κ3) is 4.53. The maximum absolute atomic E-state index is 13.7. The summed E-state index contributed by atoms with van der Waals surface area (Å²) in [5.41, 5.74) is 4.40. The largest absolute Gasteiger partial charge is 0.496 e. The van der Waals surface area contributed by atoms with Crippen LogP contribution in [0.25, 0.3) is 0 Å². The molecule has 0 N–H and O–H groups in total. The second-order valence-corrected chi connectivity index (χ2v) is 10.5. The van der Waals surface area contributed by atoms with Crippen molar-refractivity contribution in [3.8, 4) is 5.75 Å². The molecule has 0 spiro atoms. The number of piperazine rings is 1. The number of carbonyl (C=O) groups excluding carboxylic acids is 2.